The molecule has 0 fully saturated rings. The average molecular weight is 356 g/mol. The summed E-state index contributed by atoms with van der Waals surface area (Å²) in [5, 5.41) is 2.98. The van der Waals surface area contributed by atoms with Crippen LogP contribution in [0.3, 0.4) is 0 Å². The first-order chi connectivity index (χ1) is 12.2. The number of hydrogen-bond acceptors (Lipinski definition) is 3. The van der Waals surface area contributed by atoms with E-state index in [-0.39, 0.29) is 5.91 Å². The van der Waals surface area contributed by atoms with Crippen molar-refractivity contribution in [1.29, 1.82) is 0 Å². The molecule has 0 spiro atoms. The fourth-order valence-corrected chi connectivity index (χ4v) is 3.46. The van der Waals surface area contributed by atoms with Crippen LogP contribution in [0, 0.1) is 6.92 Å². The van der Waals surface area contributed by atoms with Crippen LogP contribution in [0.2, 0.25) is 0 Å². The second kappa shape index (κ2) is 9.94. The van der Waals surface area contributed by atoms with E-state index in [1.54, 1.807) is 13.2 Å². The Morgan fingerprint density at radius 1 is 1.24 bits per heavy atom. The van der Waals surface area contributed by atoms with Crippen LogP contribution in [0.1, 0.15) is 27.0 Å². The van der Waals surface area contributed by atoms with Crippen LogP contribution in [-0.2, 0) is 12.2 Å². The van der Waals surface area contributed by atoms with Crippen LogP contribution < -0.4 is 10.1 Å². The molecule has 0 saturated heterocycles. The Morgan fingerprint density at radius 3 is 2.76 bits per heavy atom. The molecule has 0 bridgehead atoms. The molecule has 2 rings (SSSR count). The molecule has 1 amide bonds. The number of allylic oxidation sites excluding steroid dienone is 1. The third kappa shape index (κ3) is 5.68. The van der Waals surface area contributed by atoms with Crippen molar-refractivity contribution in [2.75, 3.05) is 19.4 Å². The molecule has 25 heavy (non-hydrogen) atoms. The van der Waals surface area contributed by atoms with Crippen LogP contribution in [-0.4, -0.2) is 25.3 Å². The molecular formula is C21H25NO2S. The van der Waals surface area contributed by atoms with Gasteiger partial charge >= 0.3 is 0 Å². The molecule has 0 radical (unpaired) electrons. The highest BCUT2D eigenvalue weighted by Gasteiger charge is 2.09. The first-order valence-electron chi connectivity index (χ1n) is 8.34. The first-order valence-corrected chi connectivity index (χ1v) is 9.49. The predicted octanol–water partition coefficient (Wildman–Crippen LogP) is 4.40. The summed E-state index contributed by atoms with van der Waals surface area (Å²) < 4.78 is 5.31. The lowest BCUT2D eigenvalue weighted by molar-refractivity contribution is 0.0956. The van der Waals surface area contributed by atoms with Gasteiger partial charge < -0.3 is 10.1 Å². The Morgan fingerprint density at radius 2 is 2.04 bits per heavy atom. The van der Waals surface area contributed by atoms with Crippen LogP contribution in [0.4, 0.5) is 0 Å². The molecule has 0 aromatic heterocycles. The molecule has 4 heteroatoms. The molecule has 0 atom stereocenters. The number of carbonyl (C=O) groups is 1. The van der Waals surface area contributed by atoms with Crippen molar-refractivity contribution < 1.29 is 9.53 Å². The van der Waals surface area contributed by atoms with Gasteiger partial charge in [-0.25, -0.2) is 0 Å². The summed E-state index contributed by atoms with van der Waals surface area (Å²) in [7, 11) is 1.63. The van der Waals surface area contributed by atoms with E-state index in [0.29, 0.717) is 18.5 Å². The molecule has 3 nitrogen and oxygen atoms in total. The Labute approximate surface area is 154 Å². The molecule has 0 saturated carbocycles. The number of hydrogen-bond donors (Lipinski definition) is 1. The maximum absolute atomic E-state index is 12.3. The Bertz CT molecular complexity index is 728. The van der Waals surface area contributed by atoms with Gasteiger partial charge in [0.05, 0.1) is 7.11 Å². The zero-order valence-corrected chi connectivity index (χ0v) is 15.7. The zero-order valence-electron chi connectivity index (χ0n) is 14.9. The second-order valence-corrected chi connectivity index (χ2v) is 6.86. The standard InChI is InChI=1S/C21H25NO2S/c1-4-7-17-14-18(10-11-20(17)24-3)21(23)22-12-13-25-15-19-9-6-5-8-16(19)2/h4-6,8-11,14H,1,7,12-13,15H2,2-3H3,(H,22,23). The monoisotopic (exact) mass is 355 g/mol. The molecule has 0 unspecified atom stereocenters. The molecule has 2 aromatic carbocycles. The lowest BCUT2D eigenvalue weighted by atomic mass is 10.1. The number of ether oxygens (including phenoxy) is 1. The first kappa shape index (κ1) is 19.1. The number of rotatable bonds is 9. The average Bonchev–Trinajstić information content (AvgIpc) is 2.63. The molecule has 0 aliphatic heterocycles. The van der Waals surface area contributed by atoms with Gasteiger partial charge in [-0.2, -0.15) is 11.8 Å². The third-order valence-electron chi connectivity index (χ3n) is 3.96. The van der Waals surface area contributed by atoms with E-state index in [0.717, 1.165) is 22.8 Å². The predicted molar refractivity (Wildman–Crippen MR) is 107 cm³/mol. The summed E-state index contributed by atoms with van der Waals surface area (Å²) >= 11 is 1.83. The van der Waals surface area contributed by atoms with Crippen molar-refractivity contribution in [2.45, 2.75) is 19.1 Å². The molecule has 0 aliphatic carbocycles. The maximum atomic E-state index is 12.3. The van der Waals surface area contributed by atoms with Crippen LogP contribution in [0.15, 0.2) is 55.1 Å². The number of aryl methyl sites for hydroxylation is 1. The lowest BCUT2D eigenvalue weighted by Gasteiger charge is -2.10. The van der Waals surface area contributed by atoms with E-state index in [1.165, 1.54) is 11.1 Å². The van der Waals surface area contributed by atoms with Gasteiger partial charge in [-0.05, 0) is 48.2 Å². The van der Waals surface area contributed by atoms with E-state index >= 15 is 0 Å². The van der Waals surface area contributed by atoms with Crippen LogP contribution in [0.25, 0.3) is 0 Å². The van der Waals surface area contributed by atoms with Crippen molar-refractivity contribution in [3.8, 4) is 5.75 Å². The maximum Gasteiger partial charge on any atom is 0.251 e. The van der Waals surface area contributed by atoms with Crippen molar-refractivity contribution >= 4 is 17.7 Å². The largest absolute Gasteiger partial charge is 0.496 e. The highest BCUT2D eigenvalue weighted by molar-refractivity contribution is 7.98. The van der Waals surface area contributed by atoms with Gasteiger partial charge in [0.1, 0.15) is 5.75 Å². The van der Waals surface area contributed by atoms with E-state index in [1.807, 2.05) is 30.0 Å². The number of carbonyl (C=O) groups excluding carboxylic acids is 1. The normalized spacial score (nSPS) is 10.3. The van der Waals surface area contributed by atoms with Crippen molar-refractivity contribution in [3.05, 3.63) is 77.4 Å². The van der Waals surface area contributed by atoms with Gasteiger partial charge in [0.2, 0.25) is 0 Å². The molecular weight excluding hydrogens is 330 g/mol. The fraction of sp³-hybridized carbons (Fsp3) is 0.286. The smallest absolute Gasteiger partial charge is 0.251 e. The van der Waals surface area contributed by atoms with Gasteiger partial charge in [-0.1, -0.05) is 30.3 Å². The summed E-state index contributed by atoms with van der Waals surface area (Å²) in [4.78, 5) is 12.3. The summed E-state index contributed by atoms with van der Waals surface area (Å²) in [6, 6.07) is 13.9. The quantitative estimate of drug-likeness (QED) is 0.535. The Balaban J connectivity index is 1.81. The highest BCUT2D eigenvalue weighted by atomic mass is 32.2. The van der Waals surface area contributed by atoms with Crippen LogP contribution in [0.5, 0.6) is 5.75 Å². The summed E-state index contributed by atoms with van der Waals surface area (Å²) in [5.74, 6) is 2.58. The lowest BCUT2D eigenvalue weighted by Crippen LogP contribution is -2.25. The number of nitrogens with one attached hydrogen (secondary N) is 1. The van der Waals surface area contributed by atoms with E-state index < -0.39 is 0 Å². The van der Waals surface area contributed by atoms with Gasteiger partial charge in [-0.15, -0.1) is 6.58 Å². The Kier molecular flexibility index (Phi) is 7.61. The zero-order chi connectivity index (χ0) is 18.1. The number of amides is 1. The number of methoxy groups -OCH3 is 1. The molecule has 0 heterocycles. The van der Waals surface area contributed by atoms with Gasteiger partial charge in [0.15, 0.2) is 0 Å². The number of thioether (sulfide) groups is 1. The van der Waals surface area contributed by atoms with Crippen LogP contribution >= 0.6 is 11.8 Å². The van der Waals surface area contributed by atoms with E-state index in [9.17, 15) is 4.79 Å². The summed E-state index contributed by atoms with van der Waals surface area (Å²) in [6.07, 6.45) is 2.48. The molecule has 1 N–H and O–H groups in total. The molecule has 132 valence electrons. The summed E-state index contributed by atoms with van der Waals surface area (Å²) in [5.41, 5.74) is 4.29. The molecule has 2 aromatic rings. The SMILES string of the molecule is C=CCc1cc(C(=O)NCCSCc2ccccc2C)ccc1OC. The van der Waals surface area contributed by atoms with Crippen molar-refractivity contribution in [3.63, 3.8) is 0 Å². The second-order valence-electron chi connectivity index (χ2n) is 5.75. The summed E-state index contributed by atoms with van der Waals surface area (Å²) in [6.45, 7) is 6.53. The minimum Gasteiger partial charge on any atom is -0.496 e. The van der Waals surface area contributed by atoms with Crippen molar-refractivity contribution in [1.82, 2.24) is 5.32 Å². The van der Waals surface area contributed by atoms with Gasteiger partial charge in [0, 0.05) is 23.6 Å². The number of benzene rings is 2. The van der Waals surface area contributed by atoms with E-state index in [2.05, 4.69) is 43.1 Å². The van der Waals surface area contributed by atoms with Gasteiger partial charge in [-0.3, -0.25) is 4.79 Å². The fourth-order valence-electron chi connectivity index (χ4n) is 2.53. The van der Waals surface area contributed by atoms with Gasteiger partial charge in [0.25, 0.3) is 5.91 Å². The minimum absolute atomic E-state index is 0.0514. The van der Waals surface area contributed by atoms with Crippen molar-refractivity contribution in [2.24, 2.45) is 0 Å². The highest BCUT2D eigenvalue weighted by Crippen LogP contribution is 2.21. The Hall–Kier alpha value is -2.20. The minimum atomic E-state index is -0.0514. The van der Waals surface area contributed by atoms with E-state index in [4.69, 9.17) is 4.74 Å². The third-order valence-corrected chi connectivity index (χ3v) is 4.97. The topological polar surface area (TPSA) is 38.3 Å². The molecule has 0 aliphatic rings.